The van der Waals surface area contributed by atoms with Crippen LogP contribution in [-0.4, -0.2) is 59.1 Å². The Bertz CT molecular complexity index is 660. The van der Waals surface area contributed by atoms with Crippen molar-refractivity contribution >= 4 is 0 Å². The smallest absolute Gasteiger partial charge is 0.147 e. The van der Waals surface area contributed by atoms with Gasteiger partial charge < -0.3 is 14.6 Å². The first-order valence-corrected chi connectivity index (χ1v) is 9.37. The van der Waals surface area contributed by atoms with Gasteiger partial charge in [0.1, 0.15) is 11.6 Å². The lowest BCUT2D eigenvalue weighted by atomic mass is 9.97. The summed E-state index contributed by atoms with van der Waals surface area (Å²) in [5.41, 5.74) is 1.31. The zero-order valence-electron chi connectivity index (χ0n) is 14.7. The number of piperidine rings is 1. The molecule has 0 amide bonds. The molecule has 0 spiro atoms. The van der Waals surface area contributed by atoms with Gasteiger partial charge in [-0.05, 0) is 31.5 Å². The van der Waals surface area contributed by atoms with E-state index in [4.69, 9.17) is 4.74 Å². The second kappa shape index (κ2) is 8.08. The van der Waals surface area contributed by atoms with Crippen LogP contribution >= 0.6 is 0 Å². The fraction of sp³-hybridized carbons (Fsp3) is 0.579. The third-order valence-electron chi connectivity index (χ3n) is 5.21. The average Bonchev–Trinajstić information content (AvgIpc) is 3.06. The van der Waals surface area contributed by atoms with Gasteiger partial charge in [-0.2, -0.15) is 0 Å². The summed E-state index contributed by atoms with van der Waals surface area (Å²) in [5.74, 6) is 2.75. The molecule has 6 heteroatoms. The van der Waals surface area contributed by atoms with Gasteiger partial charge in [-0.15, -0.1) is 10.2 Å². The van der Waals surface area contributed by atoms with E-state index in [2.05, 4.69) is 55.3 Å². The molecule has 25 heavy (non-hydrogen) atoms. The van der Waals surface area contributed by atoms with Crippen molar-refractivity contribution < 1.29 is 4.74 Å². The highest BCUT2D eigenvalue weighted by molar-refractivity contribution is 5.17. The normalized spacial score (nSPS) is 20.0. The predicted molar refractivity (Wildman–Crippen MR) is 96.5 cm³/mol. The number of rotatable bonds is 5. The summed E-state index contributed by atoms with van der Waals surface area (Å²) in [5, 5.41) is 12.7. The van der Waals surface area contributed by atoms with Crippen molar-refractivity contribution in [2.75, 3.05) is 39.4 Å². The summed E-state index contributed by atoms with van der Waals surface area (Å²) in [6.45, 7) is 7.42. The Morgan fingerprint density at radius 2 is 1.76 bits per heavy atom. The molecule has 0 unspecified atom stereocenters. The van der Waals surface area contributed by atoms with Crippen LogP contribution < -0.4 is 5.32 Å². The van der Waals surface area contributed by atoms with Crippen molar-refractivity contribution in [1.82, 2.24) is 25.0 Å². The summed E-state index contributed by atoms with van der Waals surface area (Å²) in [7, 11) is 0. The van der Waals surface area contributed by atoms with E-state index in [1.165, 1.54) is 5.56 Å². The highest BCUT2D eigenvalue weighted by Gasteiger charge is 2.24. The fourth-order valence-corrected chi connectivity index (χ4v) is 3.75. The number of ether oxygens (including phenoxy) is 1. The summed E-state index contributed by atoms with van der Waals surface area (Å²) in [6, 6.07) is 10.6. The predicted octanol–water partition coefficient (Wildman–Crippen LogP) is 1.63. The largest absolute Gasteiger partial charge is 0.379 e. The topological polar surface area (TPSA) is 55.2 Å². The molecular formula is C19H27N5O. The Kier molecular flexibility index (Phi) is 5.40. The molecule has 1 aromatic heterocycles. The van der Waals surface area contributed by atoms with Gasteiger partial charge in [0.25, 0.3) is 0 Å². The number of nitrogens with one attached hydrogen (secondary N) is 1. The van der Waals surface area contributed by atoms with Gasteiger partial charge in [0.05, 0.1) is 26.3 Å². The first kappa shape index (κ1) is 16.7. The van der Waals surface area contributed by atoms with Crippen molar-refractivity contribution in [1.29, 1.82) is 0 Å². The van der Waals surface area contributed by atoms with Crippen molar-refractivity contribution in [2.24, 2.45) is 0 Å². The lowest BCUT2D eigenvalue weighted by Crippen LogP contribution is -2.36. The molecule has 0 bridgehead atoms. The van der Waals surface area contributed by atoms with E-state index in [-0.39, 0.29) is 0 Å². The maximum absolute atomic E-state index is 5.47. The van der Waals surface area contributed by atoms with Crippen LogP contribution in [-0.2, 0) is 17.8 Å². The maximum Gasteiger partial charge on any atom is 0.147 e. The Labute approximate surface area is 149 Å². The summed E-state index contributed by atoms with van der Waals surface area (Å²) < 4.78 is 7.83. The minimum Gasteiger partial charge on any atom is -0.379 e. The minimum absolute atomic E-state index is 0.510. The molecule has 134 valence electrons. The number of nitrogens with zero attached hydrogens (tertiary/aromatic N) is 4. The third-order valence-corrected chi connectivity index (χ3v) is 5.21. The van der Waals surface area contributed by atoms with Crippen molar-refractivity contribution in [2.45, 2.75) is 31.8 Å². The molecule has 0 atom stereocenters. The molecular weight excluding hydrogens is 314 g/mol. The van der Waals surface area contributed by atoms with Crippen LogP contribution in [0.1, 0.15) is 36.0 Å². The molecule has 4 rings (SSSR count). The van der Waals surface area contributed by atoms with Crippen LogP contribution in [0.25, 0.3) is 0 Å². The van der Waals surface area contributed by atoms with Gasteiger partial charge in [-0.25, -0.2) is 0 Å². The van der Waals surface area contributed by atoms with Gasteiger partial charge in [-0.3, -0.25) is 4.90 Å². The third kappa shape index (κ3) is 4.08. The molecule has 2 fully saturated rings. The number of benzene rings is 1. The lowest BCUT2D eigenvalue weighted by molar-refractivity contribution is 0.0325. The number of hydrogen-bond donors (Lipinski definition) is 1. The Balaban J connectivity index is 1.59. The van der Waals surface area contributed by atoms with E-state index in [0.717, 1.165) is 77.0 Å². The van der Waals surface area contributed by atoms with E-state index >= 15 is 0 Å². The summed E-state index contributed by atoms with van der Waals surface area (Å²) >= 11 is 0. The first-order valence-electron chi connectivity index (χ1n) is 9.37. The maximum atomic E-state index is 5.47. The highest BCUT2D eigenvalue weighted by atomic mass is 16.5. The van der Waals surface area contributed by atoms with Gasteiger partial charge in [-0.1, -0.05) is 30.3 Å². The molecule has 2 aromatic rings. The molecule has 6 nitrogen and oxygen atoms in total. The van der Waals surface area contributed by atoms with E-state index in [1.807, 2.05) is 0 Å². The van der Waals surface area contributed by atoms with Crippen molar-refractivity contribution in [3.63, 3.8) is 0 Å². The minimum atomic E-state index is 0.510. The van der Waals surface area contributed by atoms with E-state index in [1.54, 1.807) is 0 Å². The molecule has 1 N–H and O–H groups in total. The van der Waals surface area contributed by atoms with Gasteiger partial charge in [0.15, 0.2) is 0 Å². The molecule has 2 aliphatic rings. The van der Waals surface area contributed by atoms with Gasteiger partial charge in [0.2, 0.25) is 0 Å². The molecule has 2 aliphatic heterocycles. The van der Waals surface area contributed by atoms with Crippen LogP contribution in [0, 0.1) is 0 Å². The Hall–Kier alpha value is -1.76. The monoisotopic (exact) mass is 341 g/mol. The molecule has 0 radical (unpaired) electrons. The van der Waals surface area contributed by atoms with Crippen LogP contribution in [0.3, 0.4) is 0 Å². The molecule has 2 saturated heterocycles. The highest BCUT2D eigenvalue weighted by Crippen LogP contribution is 2.25. The first-order chi connectivity index (χ1) is 12.4. The fourth-order valence-electron chi connectivity index (χ4n) is 3.75. The lowest BCUT2D eigenvalue weighted by Gasteiger charge is -2.27. The van der Waals surface area contributed by atoms with Crippen LogP contribution in [0.15, 0.2) is 30.3 Å². The quantitative estimate of drug-likeness (QED) is 0.896. The average molecular weight is 341 g/mol. The zero-order valence-corrected chi connectivity index (χ0v) is 14.7. The SMILES string of the molecule is c1ccc(Cn2c(CN3CCOCC3)nnc2C2CCNCC2)cc1. The van der Waals surface area contributed by atoms with E-state index < -0.39 is 0 Å². The summed E-state index contributed by atoms with van der Waals surface area (Å²) in [4.78, 5) is 2.42. The van der Waals surface area contributed by atoms with Crippen molar-refractivity contribution in [3.8, 4) is 0 Å². The zero-order chi connectivity index (χ0) is 16.9. The second-order valence-electron chi connectivity index (χ2n) is 6.96. The van der Waals surface area contributed by atoms with Crippen LogP contribution in [0.2, 0.25) is 0 Å². The molecule has 0 aliphatic carbocycles. The molecule has 0 saturated carbocycles. The van der Waals surface area contributed by atoms with Gasteiger partial charge >= 0.3 is 0 Å². The Morgan fingerprint density at radius 3 is 2.52 bits per heavy atom. The standard InChI is InChI=1S/C19H27N5O/c1-2-4-16(5-3-1)14-24-18(15-23-10-12-25-13-11-23)21-22-19(24)17-6-8-20-9-7-17/h1-5,17,20H,6-15H2. The number of hydrogen-bond acceptors (Lipinski definition) is 5. The number of morpholine rings is 1. The Morgan fingerprint density at radius 1 is 1.00 bits per heavy atom. The van der Waals surface area contributed by atoms with Crippen LogP contribution in [0.5, 0.6) is 0 Å². The summed E-state index contributed by atoms with van der Waals surface area (Å²) in [6.07, 6.45) is 2.29. The van der Waals surface area contributed by atoms with Gasteiger partial charge in [0, 0.05) is 19.0 Å². The molecule has 3 heterocycles. The number of aromatic nitrogens is 3. The second-order valence-corrected chi connectivity index (χ2v) is 6.96. The van der Waals surface area contributed by atoms with Crippen LogP contribution in [0.4, 0.5) is 0 Å². The molecule has 1 aromatic carbocycles. The van der Waals surface area contributed by atoms with E-state index in [9.17, 15) is 0 Å². The van der Waals surface area contributed by atoms with Crippen molar-refractivity contribution in [3.05, 3.63) is 47.5 Å². The van der Waals surface area contributed by atoms with E-state index in [0.29, 0.717) is 5.92 Å².